The number of nitrogens with one attached hydrogen (secondary N) is 2. The van der Waals surface area contributed by atoms with E-state index in [0.717, 1.165) is 39.9 Å². The molecule has 4 aliphatic rings. The second kappa shape index (κ2) is 7.99. The van der Waals surface area contributed by atoms with Crippen LogP contribution in [0, 0.1) is 5.92 Å². The summed E-state index contributed by atoms with van der Waals surface area (Å²) >= 11 is 8.02. The number of ether oxygens (including phenoxy) is 1. The van der Waals surface area contributed by atoms with E-state index in [1.807, 2.05) is 4.90 Å². The Morgan fingerprint density at radius 1 is 1.32 bits per heavy atom. The normalized spacial score (nSPS) is 25.3. The molecule has 10 nitrogen and oxygen atoms in total. The van der Waals surface area contributed by atoms with Gasteiger partial charge in [-0.25, -0.2) is 9.97 Å². The maximum atomic E-state index is 13.4. The van der Waals surface area contributed by atoms with Crippen LogP contribution in [0.25, 0.3) is 10.2 Å². The van der Waals surface area contributed by atoms with Gasteiger partial charge in [-0.2, -0.15) is 0 Å². The Balaban J connectivity index is 1.22. The molecule has 12 heteroatoms. The number of halogens is 1. The van der Waals surface area contributed by atoms with Crippen molar-refractivity contribution < 1.29 is 14.3 Å². The van der Waals surface area contributed by atoms with Gasteiger partial charge in [0.05, 0.1) is 29.2 Å². The van der Waals surface area contributed by atoms with Crippen molar-refractivity contribution in [1.29, 1.82) is 0 Å². The molecule has 1 aliphatic carbocycles. The lowest BCUT2D eigenvalue weighted by Gasteiger charge is -2.32. The maximum absolute atomic E-state index is 13.4. The second-order valence-electron chi connectivity index (χ2n) is 10.7. The Kier molecular flexibility index (Phi) is 4.99. The van der Waals surface area contributed by atoms with Crippen LogP contribution in [-0.2, 0) is 28.0 Å². The summed E-state index contributed by atoms with van der Waals surface area (Å²) in [6, 6.07) is 1.70. The minimum atomic E-state index is -0.907. The number of hydrogen-bond acceptors (Lipinski definition) is 8. The predicted octanol–water partition coefficient (Wildman–Crippen LogP) is 2.79. The molecule has 7 rings (SSSR count). The molecule has 0 saturated carbocycles. The first-order valence-electron chi connectivity index (χ1n) is 12.4. The van der Waals surface area contributed by atoms with Crippen molar-refractivity contribution in [3.8, 4) is 0 Å². The average molecular weight is 541 g/mol. The summed E-state index contributed by atoms with van der Waals surface area (Å²) in [6.07, 6.45) is 4.79. The molecule has 2 saturated heterocycles. The number of carbonyl (C=O) groups is 2. The van der Waals surface area contributed by atoms with E-state index in [2.05, 4.69) is 20.6 Å². The lowest BCUT2D eigenvalue weighted by molar-refractivity contribution is -0.140. The Hall–Kier alpha value is -3.02. The van der Waals surface area contributed by atoms with E-state index in [-0.39, 0.29) is 51.8 Å². The van der Waals surface area contributed by atoms with Gasteiger partial charge in [-0.15, -0.1) is 11.3 Å². The van der Waals surface area contributed by atoms with Crippen LogP contribution in [0.4, 0.5) is 11.5 Å². The van der Waals surface area contributed by atoms with Crippen LogP contribution >= 0.6 is 22.9 Å². The molecule has 3 aliphatic heterocycles. The fourth-order valence-electron chi connectivity index (χ4n) is 6.26. The molecular formula is C25H25ClN6O4S. The number of amides is 2. The number of morpholine rings is 1. The Bertz CT molecular complexity index is 1560. The summed E-state index contributed by atoms with van der Waals surface area (Å²) in [5.41, 5.74) is 0.233. The largest absolute Gasteiger partial charge is 0.374 e. The molecule has 3 aromatic heterocycles. The number of anilines is 2. The molecule has 0 spiro atoms. The molecule has 192 valence electrons. The summed E-state index contributed by atoms with van der Waals surface area (Å²) in [6.45, 7) is 4.85. The first-order chi connectivity index (χ1) is 17.7. The van der Waals surface area contributed by atoms with Gasteiger partial charge in [-0.3, -0.25) is 19.0 Å². The van der Waals surface area contributed by atoms with E-state index in [4.69, 9.17) is 16.3 Å². The molecule has 2 N–H and O–H groups in total. The number of nitrogens with zero attached hydrogens (tertiary/aromatic N) is 4. The number of likely N-dealkylation sites (tertiary alicyclic amines) is 1. The van der Waals surface area contributed by atoms with Crippen molar-refractivity contribution in [3.05, 3.63) is 43.9 Å². The Labute approximate surface area is 221 Å². The summed E-state index contributed by atoms with van der Waals surface area (Å²) in [4.78, 5) is 52.0. The highest BCUT2D eigenvalue weighted by Crippen LogP contribution is 2.42. The van der Waals surface area contributed by atoms with Crippen LogP contribution in [0.2, 0.25) is 5.02 Å². The van der Waals surface area contributed by atoms with Crippen LogP contribution in [0.3, 0.4) is 0 Å². The molecule has 0 radical (unpaired) electrons. The van der Waals surface area contributed by atoms with Crippen LogP contribution in [0.15, 0.2) is 17.2 Å². The topological polar surface area (TPSA) is 118 Å². The molecular weight excluding hydrogens is 516 g/mol. The molecule has 37 heavy (non-hydrogen) atoms. The van der Waals surface area contributed by atoms with Crippen molar-refractivity contribution >= 4 is 56.5 Å². The number of aromatic nitrogens is 3. The van der Waals surface area contributed by atoms with E-state index in [1.165, 1.54) is 17.0 Å². The number of carbonyl (C=O) groups excluding carboxylic acids is 2. The van der Waals surface area contributed by atoms with Gasteiger partial charge in [0.15, 0.2) is 0 Å². The van der Waals surface area contributed by atoms with E-state index in [1.54, 1.807) is 25.2 Å². The van der Waals surface area contributed by atoms with Gasteiger partial charge in [0.2, 0.25) is 5.91 Å². The van der Waals surface area contributed by atoms with Gasteiger partial charge < -0.3 is 20.3 Å². The first kappa shape index (κ1) is 23.1. The van der Waals surface area contributed by atoms with Gasteiger partial charge in [-0.1, -0.05) is 11.6 Å². The molecule has 2 amide bonds. The summed E-state index contributed by atoms with van der Waals surface area (Å²) < 4.78 is 7.05. The lowest BCUT2D eigenvalue weighted by atomic mass is 9.86. The third-order valence-corrected chi connectivity index (χ3v) is 9.43. The Morgan fingerprint density at radius 3 is 2.92 bits per heavy atom. The van der Waals surface area contributed by atoms with E-state index >= 15 is 0 Å². The van der Waals surface area contributed by atoms with E-state index < -0.39 is 5.66 Å². The summed E-state index contributed by atoms with van der Waals surface area (Å²) in [5.74, 6) is 0.324. The highest BCUT2D eigenvalue weighted by molar-refractivity contribution is 7.19. The molecule has 6 heterocycles. The number of pyridine rings is 1. The maximum Gasteiger partial charge on any atom is 0.276 e. The van der Waals surface area contributed by atoms with Crippen molar-refractivity contribution in [3.63, 3.8) is 0 Å². The van der Waals surface area contributed by atoms with Crippen molar-refractivity contribution in [2.24, 2.45) is 5.92 Å². The van der Waals surface area contributed by atoms with Crippen molar-refractivity contribution in [2.45, 2.75) is 57.3 Å². The molecule has 0 unspecified atom stereocenters. The average Bonchev–Trinajstić information content (AvgIpc) is 3.62. The molecule has 0 aromatic carbocycles. The minimum absolute atomic E-state index is 0.0447. The second-order valence-corrected chi connectivity index (χ2v) is 12.2. The van der Waals surface area contributed by atoms with Crippen molar-refractivity contribution in [1.82, 2.24) is 24.8 Å². The molecule has 2 fully saturated rings. The van der Waals surface area contributed by atoms with Gasteiger partial charge in [0, 0.05) is 17.3 Å². The van der Waals surface area contributed by atoms with Gasteiger partial charge in [-0.05, 0) is 51.2 Å². The fourth-order valence-corrected chi connectivity index (χ4v) is 7.81. The van der Waals surface area contributed by atoms with Gasteiger partial charge in [0.25, 0.3) is 11.5 Å². The number of thiophene rings is 1. The minimum Gasteiger partial charge on any atom is -0.374 e. The van der Waals surface area contributed by atoms with Crippen LogP contribution in [0.1, 0.15) is 47.6 Å². The standard InChI is InChI=1S/C25H25ClN6O4S/c1-25(2)30-21(33)19-15(26)7-16(24(35)32(19)25)29-20-18-14-4-3-11(5-17(14)37-22(18)28-10-27-20)23(34)31-8-13-6-12(31)9-36-13/h7,10-13H,3-6,8-9H2,1-2H3,(H,30,33)(H,27,28,29)/t11-,12+,13+/m0/s1. The third kappa shape index (κ3) is 3.44. The third-order valence-electron chi connectivity index (χ3n) is 7.98. The van der Waals surface area contributed by atoms with Crippen LogP contribution in [0.5, 0.6) is 0 Å². The zero-order valence-electron chi connectivity index (χ0n) is 20.3. The molecule has 2 bridgehead atoms. The summed E-state index contributed by atoms with van der Waals surface area (Å²) in [7, 11) is 0. The Morgan fingerprint density at radius 2 is 2.16 bits per heavy atom. The first-order valence-corrected chi connectivity index (χ1v) is 13.6. The SMILES string of the molecule is CC1(C)NC(=O)c2c(Cl)cc(Nc3ncnc4sc5c(c34)CC[C@H](C(=O)N3C[C@H]4C[C@@H]3CO4)C5)c(=O)n21. The molecule has 3 atom stereocenters. The quantitative estimate of drug-likeness (QED) is 0.524. The van der Waals surface area contributed by atoms with Crippen LogP contribution < -0.4 is 16.2 Å². The highest BCUT2D eigenvalue weighted by Gasteiger charge is 2.44. The van der Waals surface area contributed by atoms with Crippen molar-refractivity contribution in [2.75, 3.05) is 18.5 Å². The van der Waals surface area contributed by atoms with E-state index in [9.17, 15) is 14.4 Å². The zero-order valence-corrected chi connectivity index (χ0v) is 21.9. The predicted molar refractivity (Wildman–Crippen MR) is 139 cm³/mol. The lowest BCUT2D eigenvalue weighted by Crippen LogP contribution is -2.45. The summed E-state index contributed by atoms with van der Waals surface area (Å²) in [5, 5.41) is 7.03. The molecule has 3 aromatic rings. The number of hydrogen-bond donors (Lipinski definition) is 2. The van der Waals surface area contributed by atoms with E-state index in [0.29, 0.717) is 25.4 Å². The van der Waals surface area contributed by atoms with Gasteiger partial charge >= 0.3 is 0 Å². The number of rotatable bonds is 3. The highest BCUT2D eigenvalue weighted by atomic mass is 35.5. The number of aryl methyl sites for hydroxylation is 1. The van der Waals surface area contributed by atoms with Gasteiger partial charge in [0.1, 0.15) is 34.0 Å². The fraction of sp³-hybridized carbons (Fsp3) is 0.480. The number of fused-ring (bicyclic) bond motifs is 6. The monoisotopic (exact) mass is 540 g/mol. The smallest absolute Gasteiger partial charge is 0.276 e. The van der Waals surface area contributed by atoms with Crippen LogP contribution in [-0.4, -0.2) is 56.5 Å². The zero-order chi connectivity index (χ0) is 25.6.